The molecule has 1 atom stereocenters. The minimum absolute atomic E-state index is 0.152. The van der Waals surface area contributed by atoms with Crippen LogP contribution >= 0.6 is 23.2 Å². The average Bonchev–Trinajstić information content (AvgIpc) is 2.36. The minimum Gasteiger partial charge on any atom is -0.492 e. The molecule has 0 aliphatic carbocycles. The Morgan fingerprint density at radius 3 is 2.53 bits per heavy atom. The van der Waals surface area contributed by atoms with Crippen LogP contribution in [0.25, 0.3) is 0 Å². The Hall–Kier alpha value is -1.29. The van der Waals surface area contributed by atoms with Crippen LogP contribution in [0, 0.1) is 5.82 Å². The van der Waals surface area contributed by atoms with E-state index in [9.17, 15) is 4.39 Å². The van der Waals surface area contributed by atoms with Gasteiger partial charge in [-0.25, -0.2) is 4.39 Å². The van der Waals surface area contributed by atoms with Crippen LogP contribution in [-0.4, -0.2) is 6.61 Å². The van der Waals surface area contributed by atoms with Gasteiger partial charge in [-0.05, 0) is 30.3 Å². The number of halogens is 3. The molecular weight excluding hydrogens is 288 g/mol. The largest absolute Gasteiger partial charge is 0.492 e. The van der Waals surface area contributed by atoms with Gasteiger partial charge in [0.15, 0.2) is 0 Å². The van der Waals surface area contributed by atoms with E-state index in [-0.39, 0.29) is 6.61 Å². The van der Waals surface area contributed by atoms with E-state index in [2.05, 4.69) is 0 Å². The molecule has 0 radical (unpaired) electrons. The summed E-state index contributed by atoms with van der Waals surface area (Å²) in [4.78, 5) is 0. The SMILES string of the molecule is NC(COc1cccc(Cl)c1)c1ccc(Cl)cc1F. The molecule has 5 heteroatoms. The summed E-state index contributed by atoms with van der Waals surface area (Å²) in [5.74, 6) is 0.159. The van der Waals surface area contributed by atoms with E-state index in [1.807, 2.05) is 0 Å². The first kappa shape index (κ1) is 14.1. The van der Waals surface area contributed by atoms with Gasteiger partial charge in [0.05, 0.1) is 6.04 Å². The molecule has 0 saturated heterocycles. The second kappa shape index (κ2) is 6.24. The smallest absolute Gasteiger partial charge is 0.129 e. The zero-order chi connectivity index (χ0) is 13.8. The maximum atomic E-state index is 13.6. The van der Waals surface area contributed by atoms with Crippen LogP contribution in [-0.2, 0) is 0 Å². The molecule has 2 N–H and O–H groups in total. The third kappa shape index (κ3) is 3.83. The van der Waals surface area contributed by atoms with Crippen molar-refractivity contribution in [2.45, 2.75) is 6.04 Å². The van der Waals surface area contributed by atoms with Gasteiger partial charge in [-0.15, -0.1) is 0 Å². The summed E-state index contributed by atoms with van der Waals surface area (Å²) in [6.07, 6.45) is 0. The lowest BCUT2D eigenvalue weighted by atomic mass is 10.1. The summed E-state index contributed by atoms with van der Waals surface area (Å²) in [5, 5.41) is 0.910. The third-order valence-electron chi connectivity index (χ3n) is 2.59. The van der Waals surface area contributed by atoms with Crippen molar-refractivity contribution in [3.63, 3.8) is 0 Å². The monoisotopic (exact) mass is 299 g/mol. The zero-order valence-electron chi connectivity index (χ0n) is 9.95. The highest BCUT2D eigenvalue weighted by Gasteiger charge is 2.12. The molecule has 0 fully saturated rings. The van der Waals surface area contributed by atoms with E-state index in [1.54, 1.807) is 36.4 Å². The van der Waals surface area contributed by atoms with Crippen LogP contribution in [0.2, 0.25) is 10.0 Å². The van der Waals surface area contributed by atoms with Crippen LogP contribution in [0.5, 0.6) is 5.75 Å². The Kier molecular flexibility index (Phi) is 4.64. The molecule has 0 aliphatic rings. The van der Waals surface area contributed by atoms with E-state index >= 15 is 0 Å². The number of rotatable bonds is 4. The number of ether oxygens (including phenoxy) is 1. The standard InChI is InChI=1S/C14H12Cl2FNO/c15-9-2-1-3-11(6-9)19-8-14(18)12-5-4-10(16)7-13(12)17/h1-7,14H,8,18H2. The Morgan fingerprint density at radius 2 is 1.84 bits per heavy atom. The first-order valence-corrected chi connectivity index (χ1v) is 6.41. The lowest BCUT2D eigenvalue weighted by molar-refractivity contribution is 0.288. The fraction of sp³-hybridized carbons (Fsp3) is 0.143. The number of nitrogens with two attached hydrogens (primary N) is 1. The number of hydrogen-bond acceptors (Lipinski definition) is 2. The van der Waals surface area contributed by atoms with Crippen molar-refractivity contribution >= 4 is 23.2 Å². The van der Waals surface area contributed by atoms with E-state index in [0.29, 0.717) is 21.4 Å². The van der Waals surface area contributed by atoms with Crippen molar-refractivity contribution in [3.8, 4) is 5.75 Å². The van der Waals surface area contributed by atoms with Crippen LogP contribution < -0.4 is 10.5 Å². The Morgan fingerprint density at radius 1 is 1.11 bits per heavy atom. The van der Waals surface area contributed by atoms with Crippen molar-refractivity contribution in [1.29, 1.82) is 0 Å². The predicted octanol–water partition coefficient (Wildman–Crippen LogP) is 4.21. The van der Waals surface area contributed by atoms with Crippen molar-refractivity contribution in [2.24, 2.45) is 5.73 Å². The highest BCUT2D eigenvalue weighted by molar-refractivity contribution is 6.30. The topological polar surface area (TPSA) is 35.2 Å². The van der Waals surface area contributed by atoms with Crippen LogP contribution in [0.1, 0.15) is 11.6 Å². The lowest BCUT2D eigenvalue weighted by Gasteiger charge is -2.14. The molecule has 0 aromatic heterocycles. The van der Waals surface area contributed by atoms with Gasteiger partial charge in [-0.1, -0.05) is 35.3 Å². The minimum atomic E-state index is -0.573. The highest BCUT2D eigenvalue weighted by Crippen LogP contribution is 2.22. The molecule has 0 heterocycles. The van der Waals surface area contributed by atoms with Gasteiger partial charge in [-0.2, -0.15) is 0 Å². The van der Waals surface area contributed by atoms with E-state index < -0.39 is 11.9 Å². The second-order valence-electron chi connectivity index (χ2n) is 4.04. The molecule has 19 heavy (non-hydrogen) atoms. The summed E-state index contributed by atoms with van der Waals surface area (Å²) in [6, 6.07) is 10.8. The molecular formula is C14H12Cl2FNO. The molecule has 2 aromatic carbocycles. The maximum absolute atomic E-state index is 13.6. The van der Waals surface area contributed by atoms with E-state index in [4.69, 9.17) is 33.7 Å². The van der Waals surface area contributed by atoms with Gasteiger partial charge >= 0.3 is 0 Å². The third-order valence-corrected chi connectivity index (χ3v) is 3.06. The molecule has 2 nitrogen and oxygen atoms in total. The zero-order valence-corrected chi connectivity index (χ0v) is 11.5. The Balaban J connectivity index is 2.03. The van der Waals surface area contributed by atoms with Crippen molar-refractivity contribution in [1.82, 2.24) is 0 Å². The Labute approximate surface area is 120 Å². The van der Waals surface area contributed by atoms with Crippen molar-refractivity contribution in [3.05, 3.63) is 63.9 Å². The molecule has 0 aliphatic heterocycles. The van der Waals surface area contributed by atoms with Gasteiger partial charge < -0.3 is 10.5 Å². The number of hydrogen-bond donors (Lipinski definition) is 1. The quantitative estimate of drug-likeness (QED) is 0.918. The lowest BCUT2D eigenvalue weighted by Crippen LogP contribution is -2.20. The molecule has 0 spiro atoms. The normalized spacial score (nSPS) is 12.2. The fourth-order valence-corrected chi connectivity index (χ4v) is 1.97. The van der Waals surface area contributed by atoms with Crippen molar-refractivity contribution < 1.29 is 9.13 Å². The van der Waals surface area contributed by atoms with Crippen LogP contribution in [0.4, 0.5) is 4.39 Å². The molecule has 0 bridgehead atoms. The van der Waals surface area contributed by atoms with Gasteiger partial charge in [0.25, 0.3) is 0 Å². The summed E-state index contributed by atoms with van der Waals surface area (Å²) >= 11 is 11.5. The van der Waals surface area contributed by atoms with Gasteiger partial charge in [-0.3, -0.25) is 0 Å². The maximum Gasteiger partial charge on any atom is 0.129 e. The Bertz CT molecular complexity index is 577. The van der Waals surface area contributed by atoms with Crippen LogP contribution in [0.15, 0.2) is 42.5 Å². The van der Waals surface area contributed by atoms with E-state index in [0.717, 1.165) is 0 Å². The molecule has 0 saturated carbocycles. The van der Waals surface area contributed by atoms with Gasteiger partial charge in [0.1, 0.15) is 18.2 Å². The summed E-state index contributed by atoms with van der Waals surface area (Å²) in [5.41, 5.74) is 6.26. The van der Waals surface area contributed by atoms with Gasteiger partial charge in [0, 0.05) is 15.6 Å². The molecule has 0 amide bonds. The van der Waals surface area contributed by atoms with E-state index in [1.165, 1.54) is 6.07 Å². The predicted molar refractivity (Wildman–Crippen MR) is 75.3 cm³/mol. The number of benzene rings is 2. The van der Waals surface area contributed by atoms with Crippen LogP contribution in [0.3, 0.4) is 0 Å². The highest BCUT2D eigenvalue weighted by atomic mass is 35.5. The first-order chi connectivity index (χ1) is 9.06. The molecule has 2 rings (SSSR count). The molecule has 2 aromatic rings. The summed E-state index contributed by atoms with van der Waals surface area (Å²) in [7, 11) is 0. The fourth-order valence-electron chi connectivity index (χ4n) is 1.63. The van der Waals surface area contributed by atoms with Gasteiger partial charge in [0.2, 0.25) is 0 Å². The summed E-state index contributed by atoms with van der Waals surface area (Å²) < 4.78 is 19.1. The molecule has 100 valence electrons. The van der Waals surface area contributed by atoms with Crippen molar-refractivity contribution in [2.75, 3.05) is 6.61 Å². The summed E-state index contributed by atoms with van der Waals surface area (Å²) in [6.45, 7) is 0.152. The molecule has 1 unspecified atom stereocenters. The average molecular weight is 300 g/mol. The first-order valence-electron chi connectivity index (χ1n) is 5.65. The second-order valence-corrected chi connectivity index (χ2v) is 4.91.